The molecule has 0 heterocycles. The van der Waals surface area contributed by atoms with Crippen LogP contribution in [0.4, 0.5) is 0 Å². The van der Waals surface area contributed by atoms with Crippen LogP contribution < -0.4 is 4.18 Å². The third kappa shape index (κ3) is 6.09. The largest absolute Gasteiger partial charge is 0.744 e. The van der Waals surface area contributed by atoms with Gasteiger partial charge in [0.05, 0.1) is 4.90 Å². The first-order valence-electron chi connectivity index (χ1n) is 12.5. The highest BCUT2D eigenvalue weighted by molar-refractivity contribution is 7.87. The molecule has 0 saturated carbocycles. The molecule has 1 aliphatic carbocycles. The molecule has 0 unspecified atom stereocenters. The minimum atomic E-state index is -4.69. The third-order valence-electron chi connectivity index (χ3n) is 6.75. The molecule has 0 aromatic heterocycles. The fraction of sp³-hybridized carbons (Fsp3) is 0.556. The zero-order valence-corrected chi connectivity index (χ0v) is 23.2. The first-order valence-corrected chi connectivity index (χ1v) is 15.3. The van der Waals surface area contributed by atoms with Crippen LogP contribution in [0, 0.1) is 0 Å². The first kappa shape index (κ1) is 27.7. The summed E-state index contributed by atoms with van der Waals surface area (Å²) in [6.45, 7) is 12.0. The summed E-state index contributed by atoms with van der Waals surface area (Å²) in [5.41, 5.74) is 3.41. The second kappa shape index (κ2) is 10.6. The summed E-state index contributed by atoms with van der Waals surface area (Å²) in [5.74, 6) is 0.261. The Balaban J connectivity index is 2.22. The molecule has 2 aromatic carbocycles. The Labute approximate surface area is 211 Å². The molecular formula is C27H37O6S2-. The maximum atomic E-state index is 13.9. The third-order valence-corrected chi connectivity index (χ3v) is 9.04. The second-order valence-corrected chi connectivity index (χ2v) is 13.2. The predicted octanol–water partition coefficient (Wildman–Crippen LogP) is 6.39. The van der Waals surface area contributed by atoms with Crippen molar-refractivity contribution in [2.45, 2.75) is 108 Å². The van der Waals surface area contributed by atoms with Crippen LogP contribution in [0.2, 0.25) is 0 Å². The van der Waals surface area contributed by atoms with Gasteiger partial charge < -0.3 is 8.74 Å². The van der Waals surface area contributed by atoms with Crippen LogP contribution in [0.5, 0.6) is 5.75 Å². The van der Waals surface area contributed by atoms with Crippen molar-refractivity contribution in [2.24, 2.45) is 0 Å². The van der Waals surface area contributed by atoms with Crippen molar-refractivity contribution in [1.82, 2.24) is 0 Å². The lowest BCUT2D eigenvalue weighted by Crippen LogP contribution is -2.19. The lowest BCUT2D eigenvalue weighted by atomic mass is 9.89. The summed E-state index contributed by atoms with van der Waals surface area (Å²) >= 11 is 0. The summed E-state index contributed by atoms with van der Waals surface area (Å²) in [6, 6.07) is 6.43. The minimum absolute atomic E-state index is 0.0480. The van der Waals surface area contributed by atoms with E-state index in [0.29, 0.717) is 35.1 Å². The monoisotopic (exact) mass is 521 g/mol. The number of rotatable bonds is 7. The Morgan fingerprint density at radius 3 is 1.71 bits per heavy atom. The van der Waals surface area contributed by atoms with Gasteiger partial charge in [-0.3, -0.25) is 0 Å². The van der Waals surface area contributed by atoms with Crippen LogP contribution >= 0.6 is 0 Å². The lowest BCUT2D eigenvalue weighted by molar-refractivity contribution is 0.459. The van der Waals surface area contributed by atoms with Gasteiger partial charge in [-0.25, -0.2) is 8.42 Å². The molecule has 6 nitrogen and oxygen atoms in total. The van der Waals surface area contributed by atoms with E-state index in [2.05, 4.69) is 13.8 Å². The van der Waals surface area contributed by atoms with E-state index in [9.17, 15) is 21.4 Å². The quantitative estimate of drug-likeness (QED) is 0.309. The second-order valence-electron chi connectivity index (χ2n) is 10.4. The van der Waals surface area contributed by atoms with Crippen molar-refractivity contribution in [3.8, 4) is 5.75 Å². The normalized spacial score (nSPS) is 15.3. The summed E-state index contributed by atoms with van der Waals surface area (Å²) in [4.78, 5) is -0.0850. The molecule has 2 aromatic rings. The van der Waals surface area contributed by atoms with Crippen molar-refractivity contribution in [3.63, 3.8) is 0 Å². The Bertz CT molecular complexity index is 1260. The van der Waals surface area contributed by atoms with Gasteiger partial charge in [0.25, 0.3) is 0 Å². The highest BCUT2D eigenvalue weighted by atomic mass is 32.2. The molecule has 0 radical (unpaired) electrons. The molecule has 35 heavy (non-hydrogen) atoms. The Kier molecular flexibility index (Phi) is 8.39. The minimum Gasteiger partial charge on any atom is -0.744 e. The van der Waals surface area contributed by atoms with Crippen LogP contribution in [-0.4, -0.2) is 21.4 Å². The van der Waals surface area contributed by atoms with Crippen LogP contribution in [0.25, 0.3) is 0 Å². The summed E-state index contributed by atoms with van der Waals surface area (Å²) in [6.07, 6.45) is 4.25. The Hall–Kier alpha value is -1.90. The molecule has 0 bridgehead atoms. The predicted molar refractivity (Wildman–Crippen MR) is 137 cm³/mol. The van der Waals surface area contributed by atoms with Crippen LogP contribution in [0.15, 0.2) is 34.1 Å². The molecule has 0 N–H and O–H groups in total. The molecule has 3 rings (SSSR count). The molecule has 0 amide bonds. The van der Waals surface area contributed by atoms with Crippen molar-refractivity contribution in [1.29, 1.82) is 0 Å². The van der Waals surface area contributed by atoms with E-state index in [1.54, 1.807) is 0 Å². The topological polar surface area (TPSA) is 101 Å². The van der Waals surface area contributed by atoms with Gasteiger partial charge in [-0.1, -0.05) is 66.5 Å². The SMILES string of the molecule is CC(C)c1cc(C(C)C)c(S(=O)(=O)Oc2ccc(S(=O)(=O)[O-])c3c2CCCCCC3)c(C(C)C)c1. The molecule has 0 spiro atoms. The van der Waals surface area contributed by atoms with E-state index < -0.39 is 20.2 Å². The smallest absolute Gasteiger partial charge is 0.339 e. The van der Waals surface area contributed by atoms with E-state index in [0.717, 1.165) is 31.2 Å². The molecule has 0 fully saturated rings. The molecule has 194 valence electrons. The average molecular weight is 522 g/mol. The van der Waals surface area contributed by atoms with Crippen molar-refractivity contribution in [3.05, 3.63) is 52.1 Å². The van der Waals surface area contributed by atoms with Crippen molar-refractivity contribution < 1.29 is 25.6 Å². The van der Waals surface area contributed by atoms with E-state index in [-0.39, 0.29) is 33.3 Å². The van der Waals surface area contributed by atoms with E-state index in [1.165, 1.54) is 12.1 Å². The van der Waals surface area contributed by atoms with Gasteiger partial charge in [0.2, 0.25) is 0 Å². The van der Waals surface area contributed by atoms with Crippen molar-refractivity contribution in [2.75, 3.05) is 0 Å². The van der Waals surface area contributed by atoms with Gasteiger partial charge in [-0.15, -0.1) is 0 Å². The van der Waals surface area contributed by atoms with Crippen molar-refractivity contribution >= 4 is 20.2 Å². The Morgan fingerprint density at radius 1 is 0.743 bits per heavy atom. The summed E-state index contributed by atoms with van der Waals surface area (Å²) < 4.78 is 69.3. The fourth-order valence-corrected chi connectivity index (χ4v) is 7.21. The van der Waals surface area contributed by atoms with Gasteiger partial charge in [0, 0.05) is 5.56 Å². The zero-order chi connectivity index (χ0) is 26.1. The van der Waals surface area contributed by atoms with Crippen LogP contribution in [-0.2, 0) is 33.1 Å². The standard InChI is InChI=1S/C27H38O6S2/c1-17(2)20-15-23(18(3)4)27(24(16-20)19(5)6)35(31,32)33-25-13-14-26(34(28,29)30)22-12-10-8-7-9-11-21(22)25/h13-19H,7-12H2,1-6H3,(H,28,29,30)/p-1. The number of hydrogen-bond donors (Lipinski definition) is 0. The highest BCUT2D eigenvalue weighted by Gasteiger charge is 2.30. The number of fused-ring (bicyclic) bond motifs is 1. The van der Waals surface area contributed by atoms with Gasteiger partial charge in [0.1, 0.15) is 20.8 Å². The maximum Gasteiger partial charge on any atom is 0.339 e. The summed E-state index contributed by atoms with van der Waals surface area (Å²) in [7, 11) is -8.93. The lowest BCUT2D eigenvalue weighted by Gasteiger charge is -2.25. The molecule has 0 aliphatic heterocycles. The maximum absolute atomic E-state index is 13.9. The Morgan fingerprint density at radius 2 is 1.26 bits per heavy atom. The van der Waals surface area contributed by atoms with Crippen LogP contribution in [0.3, 0.4) is 0 Å². The van der Waals surface area contributed by atoms with E-state index in [4.69, 9.17) is 4.18 Å². The van der Waals surface area contributed by atoms with Gasteiger partial charge in [-0.05, 0) is 77.8 Å². The molecule has 8 heteroatoms. The van der Waals surface area contributed by atoms with E-state index >= 15 is 0 Å². The summed E-state index contributed by atoms with van der Waals surface area (Å²) in [5, 5.41) is 0. The number of benzene rings is 2. The van der Waals surface area contributed by atoms with Gasteiger partial charge in [0.15, 0.2) is 0 Å². The zero-order valence-electron chi connectivity index (χ0n) is 21.6. The molecular weight excluding hydrogens is 484 g/mol. The molecule has 1 aliphatic rings. The van der Waals surface area contributed by atoms with Crippen LogP contribution in [0.1, 0.15) is 113 Å². The highest BCUT2D eigenvalue weighted by Crippen LogP contribution is 2.39. The molecule has 0 atom stereocenters. The van der Waals surface area contributed by atoms with Gasteiger partial charge >= 0.3 is 10.1 Å². The number of hydrogen-bond acceptors (Lipinski definition) is 6. The van der Waals surface area contributed by atoms with E-state index in [1.807, 2.05) is 39.8 Å². The molecule has 0 saturated heterocycles. The average Bonchev–Trinajstić information content (AvgIpc) is 2.72. The first-order chi connectivity index (χ1) is 16.2. The van der Waals surface area contributed by atoms with Gasteiger partial charge in [-0.2, -0.15) is 8.42 Å². The fourth-order valence-electron chi connectivity index (χ4n) is 4.81.